The molecule has 1 heterocycles. The third-order valence-electron chi connectivity index (χ3n) is 2.16. The number of anilines is 1. The maximum absolute atomic E-state index is 11.5. The molecule has 19 heavy (non-hydrogen) atoms. The number of rotatable bonds is 9. The smallest absolute Gasteiger partial charge is 0.230 e. The SMILES string of the molecule is CC(C)CCOCCNC(=O)CSc1nnc(N)s1. The maximum atomic E-state index is 11.5. The first-order chi connectivity index (χ1) is 9.08. The van der Waals surface area contributed by atoms with Gasteiger partial charge in [0.2, 0.25) is 11.0 Å². The summed E-state index contributed by atoms with van der Waals surface area (Å²) in [5, 5.41) is 10.7. The number of aromatic nitrogens is 2. The first-order valence-corrected chi connectivity index (χ1v) is 7.94. The fraction of sp³-hybridized carbons (Fsp3) is 0.727. The molecule has 6 nitrogen and oxygen atoms in total. The molecular weight excluding hydrogens is 284 g/mol. The third kappa shape index (κ3) is 8.02. The van der Waals surface area contributed by atoms with Crippen LogP contribution in [0.25, 0.3) is 0 Å². The van der Waals surface area contributed by atoms with Gasteiger partial charge in [-0.25, -0.2) is 0 Å². The Balaban J connectivity index is 1.99. The highest BCUT2D eigenvalue weighted by Crippen LogP contribution is 2.22. The summed E-state index contributed by atoms with van der Waals surface area (Å²) in [6, 6.07) is 0. The summed E-state index contributed by atoms with van der Waals surface area (Å²) < 4.78 is 6.11. The van der Waals surface area contributed by atoms with E-state index in [4.69, 9.17) is 10.5 Å². The van der Waals surface area contributed by atoms with Gasteiger partial charge in [0, 0.05) is 13.2 Å². The minimum Gasteiger partial charge on any atom is -0.380 e. The molecule has 1 rings (SSSR count). The quantitative estimate of drug-likeness (QED) is 0.529. The van der Waals surface area contributed by atoms with E-state index in [9.17, 15) is 4.79 Å². The van der Waals surface area contributed by atoms with Crippen molar-refractivity contribution >= 4 is 34.1 Å². The van der Waals surface area contributed by atoms with E-state index < -0.39 is 0 Å². The lowest BCUT2D eigenvalue weighted by Crippen LogP contribution is -2.28. The van der Waals surface area contributed by atoms with E-state index >= 15 is 0 Å². The second kappa shape index (κ2) is 9.11. The van der Waals surface area contributed by atoms with Gasteiger partial charge in [0.15, 0.2) is 4.34 Å². The Labute approximate surface area is 121 Å². The molecule has 3 N–H and O–H groups in total. The zero-order valence-corrected chi connectivity index (χ0v) is 12.9. The Bertz CT molecular complexity index is 385. The molecule has 0 atom stereocenters. The van der Waals surface area contributed by atoms with Crippen LogP contribution >= 0.6 is 23.1 Å². The average Bonchev–Trinajstić information content (AvgIpc) is 2.76. The van der Waals surface area contributed by atoms with Gasteiger partial charge in [-0.2, -0.15) is 0 Å². The summed E-state index contributed by atoms with van der Waals surface area (Å²) in [6.45, 7) is 6.14. The Kier molecular flexibility index (Phi) is 7.76. The predicted molar refractivity (Wildman–Crippen MR) is 78.3 cm³/mol. The predicted octanol–water partition coefficient (Wildman–Crippen LogP) is 1.39. The van der Waals surface area contributed by atoms with Crippen molar-refractivity contribution in [2.75, 3.05) is 31.2 Å². The van der Waals surface area contributed by atoms with E-state index in [1.54, 1.807) is 0 Å². The highest BCUT2D eigenvalue weighted by molar-refractivity contribution is 8.01. The zero-order valence-electron chi connectivity index (χ0n) is 11.2. The normalized spacial score (nSPS) is 10.9. The summed E-state index contributed by atoms with van der Waals surface area (Å²) in [5.74, 6) is 0.928. The Morgan fingerprint density at radius 2 is 2.26 bits per heavy atom. The van der Waals surface area contributed by atoms with Gasteiger partial charge in [-0.3, -0.25) is 4.79 Å². The molecule has 0 bridgehead atoms. The number of hydrogen-bond donors (Lipinski definition) is 2. The van der Waals surface area contributed by atoms with Gasteiger partial charge in [0.05, 0.1) is 12.4 Å². The van der Waals surface area contributed by atoms with Crippen LogP contribution in [0.4, 0.5) is 5.13 Å². The van der Waals surface area contributed by atoms with Crippen molar-refractivity contribution in [1.82, 2.24) is 15.5 Å². The van der Waals surface area contributed by atoms with Crippen LogP contribution in [0.5, 0.6) is 0 Å². The Hall–Kier alpha value is -0.860. The van der Waals surface area contributed by atoms with Gasteiger partial charge in [0.25, 0.3) is 0 Å². The largest absolute Gasteiger partial charge is 0.380 e. The molecule has 0 saturated heterocycles. The lowest BCUT2D eigenvalue weighted by atomic mass is 10.1. The number of nitrogens with two attached hydrogens (primary N) is 1. The molecule has 0 aliphatic heterocycles. The lowest BCUT2D eigenvalue weighted by molar-refractivity contribution is -0.118. The molecular formula is C11H20N4O2S2. The van der Waals surface area contributed by atoms with Gasteiger partial charge in [0.1, 0.15) is 0 Å². The molecule has 0 aliphatic carbocycles. The Morgan fingerprint density at radius 3 is 2.89 bits per heavy atom. The van der Waals surface area contributed by atoms with Crippen LogP contribution < -0.4 is 11.1 Å². The van der Waals surface area contributed by atoms with Crippen LogP contribution in [0.1, 0.15) is 20.3 Å². The molecule has 0 spiro atoms. The van der Waals surface area contributed by atoms with Gasteiger partial charge in [-0.1, -0.05) is 36.9 Å². The monoisotopic (exact) mass is 304 g/mol. The number of nitrogens with zero attached hydrogens (tertiary/aromatic N) is 2. The van der Waals surface area contributed by atoms with Crippen LogP contribution in [0.2, 0.25) is 0 Å². The molecule has 1 aromatic rings. The fourth-order valence-corrected chi connectivity index (χ4v) is 2.61. The molecule has 0 aromatic carbocycles. The van der Waals surface area contributed by atoms with E-state index in [1.165, 1.54) is 23.1 Å². The first kappa shape index (κ1) is 16.2. The van der Waals surface area contributed by atoms with E-state index in [1.807, 2.05) is 0 Å². The van der Waals surface area contributed by atoms with Gasteiger partial charge >= 0.3 is 0 Å². The number of hydrogen-bond acceptors (Lipinski definition) is 7. The van der Waals surface area contributed by atoms with Crippen molar-refractivity contribution in [3.63, 3.8) is 0 Å². The second-order valence-corrected chi connectivity index (χ2v) is 6.57. The second-order valence-electron chi connectivity index (χ2n) is 4.34. The topological polar surface area (TPSA) is 90.1 Å². The number of carbonyl (C=O) groups is 1. The number of nitrogen functional groups attached to an aromatic ring is 1. The van der Waals surface area contributed by atoms with Crippen LogP contribution in [0.15, 0.2) is 4.34 Å². The molecule has 0 saturated carbocycles. The fourth-order valence-electron chi connectivity index (χ4n) is 1.14. The molecule has 0 aliphatic rings. The van der Waals surface area contributed by atoms with Crippen molar-refractivity contribution in [1.29, 1.82) is 0 Å². The lowest BCUT2D eigenvalue weighted by Gasteiger charge is -2.07. The number of amides is 1. The maximum Gasteiger partial charge on any atom is 0.230 e. The average molecular weight is 304 g/mol. The third-order valence-corrected chi connectivity index (χ3v) is 4.04. The Morgan fingerprint density at radius 1 is 1.47 bits per heavy atom. The zero-order chi connectivity index (χ0) is 14.1. The van der Waals surface area contributed by atoms with Crippen molar-refractivity contribution in [3.8, 4) is 0 Å². The van der Waals surface area contributed by atoms with Gasteiger partial charge < -0.3 is 15.8 Å². The molecule has 8 heteroatoms. The first-order valence-electron chi connectivity index (χ1n) is 6.14. The number of ether oxygens (including phenoxy) is 1. The van der Waals surface area contributed by atoms with Crippen LogP contribution in [-0.4, -0.2) is 41.6 Å². The molecule has 108 valence electrons. The summed E-state index contributed by atoms with van der Waals surface area (Å²) >= 11 is 2.61. The summed E-state index contributed by atoms with van der Waals surface area (Å²) in [5.41, 5.74) is 5.45. The standard InChI is InChI=1S/C11H20N4O2S2/c1-8(2)3-5-17-6-4-13-9(16)7-18-11-15-14-10(12)19-11/h8H,3-7H2,1-2H3,(H2,12,14)(H,13,16). The van der Waals surface area contributed by atoms with Crippen molar-refractivity contribution < 1.29 is 9.53 Å². The summed E-state index contributed by atoms with van der Waals surface area (Å²) in [6.07, 6.45) is 1.04. The summed E-state index contributed by atoms with van der Waals surface area (Å²) in [7, 11) is 0. The van der Waals surface area contributed by atoms with Crippen LogP contribution in [0, 0.1) is 5.92 Å². The van der Waals surface area contributed by atoms with Crippen molar-refractivity contribution in [2.45, 2.75) is 24.6 Å². The van der Waals surface area contributed by atoms with Gasteiger partial charge in [-0.05, 0) is 12.3 Å². The summed E-state index contributed by atoms with van der Waals surface area (Å²) in [4.78, 5) is 11.5. The van der Waals surface area contributed by atoms with Crippen LogP contribution in [0.3, 0.4) is 0 Å². The number of thioether (sulfide) groups is 1. The highest BCUT2D eigenvalue weighted by atomic mass is 32.2. The molecule has 1 amide bonds. The molecule has 0 radical (unpaired) electrons. The minimum absolute atomic E-state index is 0.0359. The minimum atomic E-state index is -0.0359. The van der Waals surface area contributed by atoms with Crippen molar-refractivity contribution in [2.24, 2.45) is 5.92 Å². The van der Waals surface area contributed by atoms with Gasteiger partial charge in [-0.15, -0.1) is 10.2 Å². The van der Waals surface area contributed by atoms with E-state index in [0.717, 1.165) is 13.0 Å². The molecule has 1 aromatic heterocycles. The number of nitrogens with one attached hydrogen (secondary N) is 1. The molecule has 0 fully saturated rings. The van der Waals surface area contributed by atoms with Crippen LogP contribution in [-0.2, 0) is 9.53 Å². The molecule has 0 unspecified atom stereocenters. The highest BCUT2D eigenvalue weighted by Gasteiger charge is 2.06. The van der Waals surface area contributed by atoms with E-state index in [-0.39, 0.29) is 5.91 Å². The number of carbonyl (C=O) groups excluding carboxylic acids is 1. The van der Waals surface area contributed by atoms with E-state index in [2.05, 4.69) is 29.4 Å². The van der Waals surface area contributed by atoms with Crippen molar-refractivity contribution in [3.05, 3.63) is 0 Å². The van der Waals surface area contributed by atoms with E-state index in [0.29, 0.717) is 34.3 Å².